The van der Waals surface area contributed by atoms with Crippen LogP contribution in [-0.4, -0.2) is 37.5 Å². The van der Waals surface area contributed by atoms with E-state index in [-0.39, 0.29) is 30.4 Å². The maximum absolute atomic E-state index is 12.1. The number of anilines is 1. The molecule has 0 fully saturated rings. The molecule has 0 aliphatic rings. The van der Waals surface area contributed by atoms with Gasteiger partial charge in [0.2, 0.25) is 0 Å². The zero-order chi connectivity index (χ0) is 18.3. The molecule has 0 spiro atoms. The second kappa shape index (κ2) is 8.83. The molecule has 0 aliphatic heterocycles. The molecule has 24 heavy (non-hydrogen) atoms. The van der Waals surface area contributed by atoms with Crippen LogP contribution in [0.3, 0.4) is 0 Å². The van der Waals surface area contributed by atoms with Gasteiger partial charge in [-0.25, -0.2) is 0 Å². The SMILES string of the molecule is CC[C@@H](C)c1ccc(NC(=O)C[NH+](C)CC(=O)NC(C)(C)C)cc1. The molecule has 0 saturated heterocycles. The van der Waals surface area contributed by atoms with Crippen LogP contribution in [0.25, 0.3) is 0 Å². The lowest BCUT2D eigenvalue weighted by molar-refractivity contribution is -0.862. The van der Waals surface area contributed by atoms with E-state index in [1.54, 1.807) is 0 Å². The number of amides is 2. The van der Waals surface area contributed by atoms with Gasteiger partial charge in [-0.3, -0.25) is 9.59 Å². The van der Waals surface area contributed by atoms with Crippen molar-refractivity contribution in [2.45, 2.75) is 52.5 Å². The normalized spacial score (nSPS) is 13.9. The molecular formula is C19H32N3O2+. The highest BCUT2D eigenvalue weighted by atomic mass is 16.2. The van der Waals surface area contributed by atoms with E-state index in [1.165, 1.54) is 5.56 Å². The Balaban J connectivity index is 2.46. The molecule has 0 radical (unpaired) electrons. The second-order valence-electron chi connectivity index (χ2n) is 7.59. The fourth-order valence-corrected chi connectivity index (χ4v) is 2.41. The topological polar surface area (TPSA) is 62.6 Å². The summed E-state index contributed by atoms with van der Waals surface area (Å²) in [5.41, 5.74) is 1.81. The summed E-state index contributed by atoms with van der Waals surface area (Å²) in [6, 6.07) is 7.97. The molecule has 1 rings (SSSR count). The van der Waals surface area contributed by atoms with Crippen molar-refractivity contribution in [1.82, 2.24) is 5.32 Å². The number of rotatable bonds is 7. The van der Waals surface area contributed by atoms with Crippen LogP contribution < -0.4 is 15.5 Å². The Bertz CT molecular complexity index is 547. The smallest absolute Gasteiger partial charge is 0.279 e. The Hall–Kier alpha value is -1.88. The summed E-state index contributed by atoms with van der Waals surface area (Å²) >= 11 is 0. The molecule has 2 amide bonds. The average Bonchev–Trinajstić information content (AvgIpc) is 2.44. The zero-order valence-electron chi connectivity index (χ0n) is 15.8. The Kier molecular flexibility index (Phi) is 7.42. The van der Waals surface area contributed by atoms with Crippen LogP contribution in [0.1, 0.15) is 52.5 Å². The molecule has 134 valence electrons. The van der Waals surface area contributed by atoms with Gasteiger partial charge in [-0.2, -0.15) is 0 Å². The van der Waals surface area contributed by atoms with Crippen LogP contribution in [-0.2, 0) is 9.59 Å². The molecule has 1 unspecified atom stereocenters. The Morgan fingerprint density at radius 2 is 1.62 bits per heavy atom. The standard InChI is InChI=1S/C19H31N3O2/c1-7-14(2)15-8-10-16(11-9-15)20-17(23)12-22(6)13-18(24)21-19(3,4)5/h8-11,14H,7,12-13H2,1-6H3,(H,20,23)(H,21,24)/p+1/t14-/m1/s1. The van der Waals surface area contributed by atoms with Crippen LogP contribution in [0.4, 0.5) is 5.69 Å². The van der Waals surface area contributed by atoms with E-state index >= 15 is 0 Å². The van der Waals surface area contributed by atoms with Crippen molar-refractivity contribution in [2.75, 3.05) is 25.5 Å². The van der Waals surface area contributed by atoms with Gasteiger partial charge in [0.25, 0.3) is 11.8 Å². The van der Waals surface area contributed by atoms with Gasteiger partial charge in [0.05, 0.1) is 7.05 Å². The van der Waals surface area contributed by atoms with E-state index in [4.69, 9.17) is 0 Å². The summed E-state index contributed by atoms with van der Waals surface area (Å²) in [6.45, 7) is 10.7. The van der Waals surface area contributed by atoms with E-state index in [9.17, 15) is 9.59 Å². The molecular weight excluding hydrogens is 302 g/mol. The first-order chi connectivity index (χ1) is 11.1. The first-order valence-electron chi connectivity index (χ1n) is 8.63. The molecule has 0 aliphatic carbocycles. The minimum atomic E-state index is -0.253. The average molecular weight is 334 g/mol. The van der Waals surface area contributed by atoms with Crippen molar-refractivity contribution in [2.24, 2.45) is 0 Å². The summed E-state index contributed by atoms with van der Waals surface area (Å²) in [4.78, 5) is 24.8. The van der Waals surface area contributed by atoms with Crippen LogP contribution >= 0.6 is 0 Å². The van der Waals surface area contributed by atoms with Crippen LogP contribution in [0.2, 0.25) is 0 Å². The van der Waals surface area contributed by atoms with Gasteiger partial charge in [-0.15, -0.1) is 0 Å². The number of benzene rings is 1. The summed E-state index contributed by atoms with van der Waals surface area (Å²) in [7, 11) is 1.84. The third-order valence-corrected chi connectivity index (χ3v) is 3.81. The Morgan fingerprint density at radius 1 is 1.08 bits per heavy atom. The minimum absolute atomic E-state index is 0.0503. The number of likely N-dealkylation sites (N-methyl/N-ethyl adjacent to an activating group) is 1. The van der Waals surface area contributed by atoms with Gasteiger partial charge in [0, 0.05) is 11.2 Å². The number of carbonyl (C=O) groups is 2. The Morgan fingerprint density at radius 3 is 2.12 bits per heavy atom. The highest BCUT2D eigenvalue weighted by molar-refractivity contribution is 5.91. The number of hydrogen-bond donors (Lipinski definition) is 3. The maximum Gasteiger partial charge on any atom is 0.279 e. The summed E-state index contributed by atoms with van der Waals surface area (Å²) in [5, 5.41) is 5.79. The largest absolute Gasteiger partial charge is 0.347 e. The van der Waals surface area contributed by atoms with E-state index in [1.807, 2.05) is 40.0 Å². The molecule has 3 N–H and O–H groups in total. The van der Waals surface area contributed by atoms with Gasteiger partial charge < -0.3 is 15.5 Å². The lowest BCUT2D eigenvalue weighted by Gasteiger charge is -2.21. The highest BCUT2D eigenvalue weighted by Gasteiger charge is 2.18. The van der Waals surface area contributed by atoms with Crippen LogP contribution in [0.5, 0.6) is 0 Å². The highest BCUT2D eigenvalue weighted by Crippen LogP contribution is 2.20. The molecule has 0 bridgehead atoms. The van der Waals surface area contributed by atoms with Crippen molar-refractivity contribution >= 4 is 17.5 Å². The van der Waals surface area contributed by atoms with Gasteiger partial charge in [0.1, 0.15) is 0 Å². The molecule has 5 nitrogen and oxygen atoms in total. The predicted octanol–water partition coefficient (Wildman–Crippen LogP) is 1.57. The minimum Gasteiger partial charge on any atom is -0.347 e. The number of quaternary nitrogens is 1. The predicted molar refractivity (Wildman–Crippen MR) is 98.3 cm³/mol. The second-order valence-corrected chi connectivity index (χ2v) is 7.59. The maximum atomic E-state index is 12.1. The third-order valence-electron chi connectivity index (χ3n) is 3.81. The van der Waals surface area contributed by atoms with E-state index in [0.717, 1.165) is 17.0 Å². The van der Waals surface area contributed by atoms with Crippen molar-refractivity contribution in [3.05, 3.63) is 29.8 Å². The molecule has 2 atom stereocenters. The van der Waals surface area contributed by atoms with Gasteiger partial charge >= 0.3 is 0 Å². The number of carbonyl (C=O) groups excluding carboxylic acids is 2. The van der Waals surface area contributed by atoms with Crippen LogP contribution in [0, 0.1) is 0 Å². The first-order valence-corrected chi connectivity index (χ1v) is 8.63. The fourth-order valence-electron chi connectivity index (χ4n) is 2.41. The number of nitrogens with one attached hydrogen (secondary N) is 3. The van der Waals surface area contributed by atoms with Gasteiger partial charge in [0.15, 0.2) is 13.1 Å². The monoisotopic (exact) mass is 334 g/mol. The van der Waals surface area contributed by atoms with Gasteiger partial charge in [-0.05, 0) is 50.8 Å². The summed E-state index contributed by atoms with van der Waals surface area (Å²) in [6.07, 6.45) is 1.09. The van der Waals surface area contributed by atoms with Crippen molar-refractivity contribution in [3.8, 4) is 0 Å². The molecule has 1 aromatic rings. The fraction of sp³-hybridized carbons (Fsp3) is 0.579. The molecule has 0 heterocycles. The molecule has 0 saturated carbocycles. The van der Waals surface area contributed by atoms with E-state index in [0.29, 0.717) is 5.92 Å². The lowest BCUT2D eigenvalue weighted by Crippen LogP contribution is -3.11. The zero-order valence-corrected chi connectivity index (χ0v) is 15.8. The van der Waals surface area contributed by atoms with E-state index < -0.39 is 0 Å². The molecule has 1 aromatic carbocycles. The first kappa shape index (κ1) is 20.2. The Labute approximate surface area is 145 Å². The van der Waals surface area contributed by atoms with Crippen molar-refractivity contribution in [1.29, 1.82) is 0 Å². The van der Waals surface area contributed by atoms with Crippen molar-refractivity contribution < 1.29 is 14.5 Å². The van der Waals surface area contributed by atoms with Gasteiger partial charge in [-0.1, -0.05) is 26.0 Å². The molecule has 5 heteroatoms. The van der Waals surface area contributed by atoms with Crippen LogP contribution in [0.15, 0.2) is 24.3 Å². The van der Waals surface area contributed by atoms with E-state index in [2.05, 4.69) is 36.6 Å². The quantitative estimate of drug-likeness (QED) is 0.709. The third kappa shape index (κ3) is 7.59. The summed E-state index contributed by atoms with van der Waals surface area (Å²) < 4.78 is 0. The van der Waals surface area contributed by atoms with Crippen molar-refractivity contribution in [3.63, 3.8) is 0 Å². The summed E-state index contributed by atoms with van der Waals surface area (Å²) in [5.74, 6) is 0.379. The number of hydrogen-bond acceptors (Lipinski definition) is 2. The lowest BCUT2D eigenvalue weighted by atomic mass is 9.99. The molecule has 0 aromatic heterocycles.